The average Bonchev–Trinajstić information content (AvgIpc) is 3.15. The summed E-state index contributed by atoms with van der Waals surface area (Å²) in [5, 5.41) is 4.33. The maximum absolute atomic E-state index is 12.2. The summed E-state index contributed by atoms with van der Waals surface area (Å²) in [5.74, 6) is 3.01. The number of alkyl halides is 1. The number of amides is 1. The molecule has 1 aromatic rings. The first-order chi connectivity index (χ1) is 25.3. The Kier molecular flexibility index (Phi) is 41.0. The lowest BCUT2D eigenvalue weighted by Crippen LogP contribution is -2.38. The Morgan fingerprint density at radius 3 is 2.04 bits per heavy atom. The molecule has 1 aromatic carbocycles. The Labute approximate surface area is 344 Å². The van der Waals surface area contributed by atoms with Crippen LogP contribution >= 0.6 is 39.9 Å². The number of thiocarbonyl (C=S) groups is 1. The molecule has 0 radical (unpaired) electrons. The maximum atomic E-state index is 12.2. The Bertz CT molecular complexity index is 1140. The summed E-state index contributed by atoms with van der Waals surface area (Å²) >= 11 is 10.1. The predicted octanol–water partition coefficient (Wildman–Crippen LogP) is 12.9. The highest BCUT2D eigenvalue weighted by Crippen LogP contribution is 2.26. The number of carbonyl (C=O) groups is 2. The Hall–Kier alpha value is -2.37. The molecule has 8 nitrogen and oxygen atoms in total. The summed E-state index contributed by atoms with van der Waals surface area (Å²) in [6, 6.07) is 7.43. The van der Waals surface area contributed by atoms with Crippen LogP contribution in [0, 0.1) is 11.8 Å². The number of nitrogens with two attached hydrogens (primary N) is 1. The molecule has 0 atom stereocenters. The van der Waals surface area contributed by atoms with Gasteiger partial charge in [-0.25, -0.2) is 4.79 Å². The van der Waals surface area contributed by atoms with Gasteiger partial charge in [0.05, 0.1) is 11.9 Å². The van der Waals surface area contributed by atoms with Gasteiger partial charge in [0, 0.05) is 23.6 Å². The van der Waals surface area contributed by atoms with Crippen molar-refractivity contribution in [2.75, 3.05) is 36.1 Å². The SMILES string of the molecule is C/C=C\C(=C/C(C)C)C(=O)CBr.CC.CC.CC.CC.CCN(CCOc1ccc(NC(=S)/N=C(\N)SCC2CCCCC2)cc1)C(=O)OC(C)(C)C. The van der Waals surface area contributed by atoms with Gasteiger partial charge in [-0.1, -0.05) is 134 Å². The van der Waals surface area contributed by atoms with Crippen molar-refractivity contribution in [1.82, 2.24) is 4.90 Å². The number of benzene rings is 1. The number of aliphatic imine (C=N–C) groups is 1. The molecule has 1 fully saturated rings. The number of anilines is 1. The molecule has 308 valence electrons. The highest BCUT2D eigenvalue weighted by atomic mass is 79.9. The predicted molar refractivity (Wildman–Crippen MR) is 244 cm³/mol. The highest BCUT2D eigenvalue weighted by Gasteiger charge is 2.21. The second-order valence-electron chi connectivity index (χ2n) is 12.1. The molecular formula is C42H77BrN4O4S2. The van der Waals surface area contributed by atoms with Crippen LogP contribution in [0.1, 0.15) is 136 Å². The minimum atomic E-state index is -0.516. The number of ether oxygens (including phenoxy) is 2. The van der Waals surface area contributed by atoms with E-state index in [1.54, 1.807) is 16.7 Å². The van der Waals surface area contributed by atoms with Crippen molar-refractivity contribution in [3.8, 4) is 5.75 Å². The van der Waals surface area contributed by atoms with Gasteiger partial charge in [0.2, 0.25) is 0 Å². The zero-order valence-corrected chi connectivity index (χ0v) is 39.3. The fourth-order valence-electron chi connectivity index (χ4n) is 4.31. The third-order valence-corrected chi connectivity index (χ3v) is 8.20. The van der Waals surface area contributed by atoms with Crippen LogP contribution in [-0.2, 0) is 9.53 Å². The molecule has 0 aromatic heterocycles. The van der Waals surface area contributed by atoms with E-state index in [1.807, 2.05) is 133 Å². The number of carbonyl (C=O) groups excluding carboxylic acids is 2. The van der Waals surface area contributed by atoms with E-state index in [-0.39, 0.29) is 11.9 Å². The number of nitrogens with zero attached hydrogens (tertiary/aromatic N) is 2. The molecule has 3 N–H and O–H groups in total. The fraction of sp³-hybridized carbons (Fsp3) is 0.667. The van der Waals surface area contributed by atoms with Gasteiger partial charge in [-0.2, -0.15) is 4.99 Å². The number of halogens is 1. The van der Waals surface area contributed by atoms with Gasteiger partial charge in [-0.15, -0.1) is 0 Å². The standard InChI is InChI=1S/C24H38N4O3S2.C10H15BrO.4C2H6/c1-5-28(23(29)31-24(2,3)4)15-16-30-20-13-11-19(12-14-20)26-22(32)27-21(25)33-17-18-9-7-6-8-10-18;1-4-5-9(6-8(2)3)10(12)7-11;4*1-2/h11-14,18H,5-10,15-17H2,1-4H3,(H3,25,26,27,32);4-6,8H,7H2,1-3H3;4*1-2H3/b;5-4-,9-6+;;;;. The van der Waals surface area contributed by atoms with Gasteiger partial charge < -0.3 is 25.4 Å². The number of Topliss-reactive ketones (excluding diaryl/α,β-unsaturated/α-hetero) is 1. The van der Waals surface area contributed by atoms with E-state index in [2.05, 4.69) is 40.1 Å². The molecule has 11 heteroatoms. The van der Waals surface area contributed by atoms with E-state index in [9.17, 15) is 9.59 Å². The topological polar surface area (TPSA) is 106 Å². The molecule has 2 rings (SSSR count). The number of hydrogen-bond acceptors (Lipinski definition) is 6. The highest BCUT2D eigenvalue weighted by molar-refractivity contribution is 9.09. The van der Waals surface area contributed by atoms with Gasteiger partial charge >= 0.3 is 6.09 Å². The summed E-state index contributed by atoms with van der Waals surface area (Å²) in [6.07, 6.45) is 11.9. The average molecular weight is 846 g/mol. The van der Waals surface area contributed by atoms with E-state index < -0.39 is 5.60 Å². The molecule has 0 saturated heterocycles. The minimum Gasteiger partial charge on any atom is -0.492 e. The van der Waals surface area contributed by atoms with Gasteiger partial charge in [0.25, 0.3) is 0 Å². The quantitative estimate of drug-likeness (QED) is 0.0535. The van der Waals surface area contributed by atoms with Crippen LogP contribution in [0.5, 0.6) is 5.75 Å². The molecule has 1 amide bonds. The molecule has 0 unspecified atom stereocenters. The zero-order valence-electron chi connectivity index (χ0n) is 36.1. The number of thioether (sulfide) groups is 1. The maximum Gasteiger partial charge on any atom is 0.410 e. The third-order valence-electron chi connectivity index (χ3n) is 6.47. The van der Waals surface area contributed by atoms with Crippen LogP contribution in [0.4, 0.5) is 10.5 Å². The van der Waals surface area contributed by atoms with Crippen molar-refractivity contribution in [3.05, 3.63) is 48.1 Å². The van der Waals surface area contributed by atoms with Crippen LogP contribution in [0.15, 0.2) is 53.1 Å². The first-order valence-corrected chi connectivity index (χ1v) is 22.2. The molecule has 1 aliphatic rings. The number of rotatable bonds is 12. The molecule has 0 spiro atoms. The zero-order chi connectivity index (χ0) is 41.8. The molecule has 0 aliphatic heterocycles. The van der Waals surface area contributed by atoms with Crippen molar-refractivity contribution in [3.63, 3.8) is 0 Å². The second-order valence-corrected chi connectivity index (χ2v) is 14.0. The van der Waals surface area contributed by atoms with Gasteiger partial charge in [-0.3, -0.25) is 4.79 Å². The Morgan fingerprint density at radius 2 is 1.58 bits per heavy atom. The van der Waals surface area contributed by atoms with Gasteiger partial charge in [0.15, 0.2) is 16.1 Å². The summed E-state index contributed by atoms with van der Waals surface area (Å²) in [7, 11) is 0. The number of hydrogen-bond donors (Lipinski definition) is 2. The lowest BCUT2D eigenvalue weighted by Gasteiger charge is -2.26. The van der Waals surface area contributed by atoms with Crippen molar-refractivity contribution in [2.24, 2.45) is 22.6 Å². The lowest BCUT2D eigenvalue weighted by atomic mass is 9.91. The van der Waals surface area contributed by atoms with Crippen molar-refractivity contribution in [1.29, 1.82) is 0 Å². The second kappa shape index (κ2) is 37.9. The van der Waals surface area contributed by atoms with Crippen LogP contribution in [0.3, 0.4) is 0 Å². The van der Waals surface area contributed by atoms with E-state index in [0.717, 1.165) is 22.9 Å². The molecule has 1 saturated carbocycles. The number of nitrogens with one attached hydrogen (secondary N) is 1. The number of allylic oxidation sites excluding steroid dienone is 4. The third kappa shape index (κ3) is 32.8. The monoisotopic (exact) mass is 844 g/mol. The Morgan fingerprint density at radius 1 is 1.04 bits per heavy atom. The summed E-state index contributed by atoms with van der Waals surface area (Å²) in [5.41, 5.74) is 7.13. The van der Waals surface area contributed by atoms with Crippen molar-refractivity contribution < 1.29 is 19.1 Å². The normalized spacial score (nSPS) is 12.8. The number of amidine groups is 1. The lowest BCUT2D eigenvalue weighted by molar-refractivity contribution is -0.112. The van der Waals surface area contributed by atoms with E-state index in [1.165, 1.54) is 32.1 Å². The van der Waals surface area contributed by atoms with Crippen LogP contribution in [0.25, 0.3) is 0 Å². The summed E-state index contributed by atoms with van der Waals surface area (Å²) < 4.78 is 11.2. The number of ketones is 1. The van der Waals surface area contributed by atoms with Crippen LogP contribution in [0.2, 0.25) is 0 Å². The smallest absolute Gasteiger partial charge is 0.410 e. The largest absolute Gasteiger partial charge is 0.492 e. The van der Waals surface area contributed by atoms with E-state index >= 15 is 0 Å². The molecule has 53 heavy (non-hydrogen) atoms. The van der Waals surface area contributed by atoms with Gasteiger partial charge in [0.1, 0.15) is 18.0 Å². The van der Waals surface area contributed by atoms with E-state index in [4.69, 9.17) is 27.4 Å². The first-order valence-electron chi connectivity index (χ1n) is 19.7. The Balaban J connectivity index is -0.000000501. The van der Waals surface area contributed by atoms with Crippen LogP contribution < -0.4 is 15.8 Å². The molecule has 0 bridgehead atoms. The molecule has 0 heterocycles. The van der Waals surface area contributed by atoms with Crippen molar-refractivity contribution in [2.45, 2.75) is 142 Å². The van der Waals surface area contributed by atoms with Crippen LogP contribution in [-0.4, -0.2) is 63.4 Å². The minimum absolute atomic E-state index is 0.141. The van der Waals surface area contributed by atoms with Crippen molar-refractivity contribution >= 4 is 67.8 Å². The van der Waals surface area contributed by atoms with Gasteiger partial charge in [-0.05, 0) is 95.8 Å². The summed E-state index contributed by atoms with van der Waals surface area (Å²) in [4.78, 5) is 29.4. The molecular weight excluding hydrogens is 769 g/mol. The van der Waals surface area contributed by atoms with E-state index in [0.29, 0.717) is 47.0 Å². The fourth-order valence-corrected chi connectivity index (χ4v) is 5.80. The number of likely N-dealkylation sites (N-methyl/N-ethyl adjacent to an activating group) is 1. The first kappa shape index (κ1) is 57.4. The molecule has 1 aliphatic carbocycles. The summed E-state index contributed by atoms with van der Waals surface area (Å²) in [6.45, 7) is 30.9.